The molecular weight excluding hydrogens is 342 g/mol. The number of aromatic nitrogens is 1. The number of pyridine rings is 1. The summed E-state index contributed by atoms with van der Waals surface area (Å²) in [5, 5.41) is 0. The molecule has 2 nitrogen and oxygen atoms in total. The molecule has 2 fully saturated rings. The number of fused-ring (bicyclic) bond motifs is 5. The first kappa shape index (κ1) is 18.6. The SMILES string of the molecule is COC1CC[C@@]2(C)C(=CC(C)[C@@H]3[C@H]2CC[C@]2(C)C(c4cccnc4)=CC[C@@H]32)C1. The Morgan fingerprint density at radius 3 is 2.68 bits per heavy atom. The molecule has 0 spiro atoms. The van der Waals surface area contributed by atoms with Crippen molar-refractivity contribution in [3.63, 3.8) is 0 Å². The van der Waals surface area contributed by atoms with Gasteiger partial charge in [-0.15, -0.1) is 0 Å². The molecule has 1 aromatic heterocycles. The predicted molar refractivity (Wildman–Crippen MR) is 115 cm³/mol. The van der Waals surface area contributed by atoms with Crippen molar-refractivity contribution in [1.29, 1.82) is 0 Å². The monoisotopic (exact) mass is 377 g/mol. The number of hydrogen-bond acceptors (Lipinski definition) is 2. The molecule has 0 aromatic carbocycles. The molecule has 0 radical (unpaired) electrons. The maximum atomic E-state index is 5.75. The maximum absolute atomic E-state index is 5.75. The molecule has 0 N–H and O–H groups in total. The van der Waals surface area contributed by atoms with Crippen LogP contribution in [0, 0.1) is 34.5 Å². The quantitative estimate of drug-likeness (QED) is 0.564. The van der Waals surface area contributed by atoms with Gasteiger partial charge in [-0.05, 0) is 90.2 Å². The van der Waals surface area contributed by atoms with Crippen LogP contribution < -0.4 is 0 Å². The summed E-state index contributed by atoms with van der Waals surface area (Å²) in [6.45, 7) is 7.63. The van der Waals surface area contributed by atoms with Gasteiger partial charge in [-0.3, -0.25) is 4.98 Å². The first-order valence-electron chi connectivity index (χ1n) is 11.3. The number of rotatable bonds is 2. The fourth-order valence-electron chi connectivity index (χ4n) is 7.73. The van der Waals surface area contributed by atoms with E-state index in [0.717, 1.165) is 24.2 Å². The van der Waals surface area contributed by atoms with E-state index in [9.17, 15) is 0 Å². The molecule has 150 valence electrons. The first-order chi connectivity index (χ1) is 13.5. The zero-order valence-electron chi connectivity index (χ0n) is 17.9. The van der Waals surface area contributed by atoms with Gasteiger partial charge in [0.05, 0.1) is 6.10 Å². The minimum atomic E-state index is 0.309. The Hall–Kier alpha value is -1.41. The van der Waals surface area contributed by atoms with Gasteiger partial charge in [-0.25, -0.2) is 0 Å². The zero-order valence-corrected chi connectivity index (χ0v) is 17.9. The zero-order chi connectivity index (χ0) is 19.5. The average molecular weight is 378 g/mol. The van der Waals surface area contributed by atoms with Gasteiger partial charge in [0.25, 0.3) is 0 Å². The van der Waals surface area contributed by atoms with Gasteiger partial charge >= 0.3 is 0 Å². The smallest absolute Gasteiger partial charge is 0.0608 e. The molecule has 0 amide bonds. The van der Waals surface area contributed by atoms with Gasteiger partial charge in [0.2, 0.25) is 0 Å². The minimum Gasteiger partial charge on any atom is -0.381 e. The van der Waals surface area contributed by atoms with E-state index in [-0.39, 0.29) is 0 Å². The van der Waals surface area contributed by atoms with Crippen molar-refractivity contribution in [3.05, 3.63) is 47.8 Å². The van der Waals surface area contributed by atoms with Gasteiger partial charge < -0.3 is 4.74 Å². The molecule has 0 bridgehead atoms. The fourth-order valence-corrected chi connectivity index (χ4v) is 7.73. The number of methoxy groups -OCH3 is 1. The Kier molecular flexibility index (Phi) is 4.36. The summed E-state index contributed by atoms with van der Waals surface area (Å²) < 4.78 is 5.75. The number of ether oxygens (including phenoxy) is 1. The van der Waals surface area contributed by atoms with Crippen molar-refractivity contribution in [2.24, 2.45) is 34.5 Å². The van der Waals surface area contributed by atoms with E-state index in [1.165, 1.54) is 37.7 Å². The van der Waals surface area contributed by atoms with E-state index in [1.807, 2.05) is 13.3 Å². The van der Waals surface area contributed by atoms with Gasteiger partial charge in [0, 0.05) is 19.5 Å². The molecule has 2 unspecified atom stereocenters. The molecule has 2 saturated carbocycles. The summed E-state index contributed by atoms with van der Waals surface area (Å²) >= 11 is 0. The molecule has 1 heterocycles. The lowest BCUT2D eigenvalue weighted by Gasteiger charge is -2.59. The molecule has 1 aromatic rings. The van der Waals surface area contributed by atoms with Crippen molar-refractivity contribution < 1.29 is 4.74 Å². The van der Waals surface area contributed by atoms with Crippen LogP contribution in [0.15, 0.2) is 42.3 Å². The highest BCUT2D eigenvalue weighted by Gasteiger charge is 2.58. The van der Waals surface area contributed by atoms with Crippen LogP contribution in [0.4, 0.5) is 0 Å². The standard InChI is InChI=1S/C26H35NO/c1-17-14-19-15-20(28-4)9-11-25(19,2)23-10-12-26(3)21(7-8-22(26)24(17)23)18-6-5-13-27-16-18/h5-7,13-14,16-17,20,22-24H,8-12,15H2,1-4H3/t17?,20?,22-,23+,24-,25-,26+/m0/s1. The van der Waals surface area contributed by atoms with E-state index in [0.29, 0.717) is 22.9 Å². The summed E-state index contributed by atoms with van der Waals surface area (Å²) in [5.41, 5.74) is 5.33. The second-order valence-electron chi connectivity index (χ2n) is 10.4. The second kappa shape index (κ2) is 6.55. The molecular formula is C26H35NO. The van der Waals surface area contributed by atoms with Gasteiger partial charge in [-0.2, -0.15) is 0 Å². The van der Waals surface area contributed by atoms with Crippen LogP contribution in [0.2, 0.25) is 0 Å². The normalized spacial score (nSPS) is 44.8. The number of nitrogens with zero attached hydrogens (tertiary/aromatic N) is 1. The summed E-state index contributed by atoms with van der Waals surface area (Å²) in [7, 11) is 1.89. The van der Waals surface area contributed by atoms with E-state index in [1.54, 1.807) is 11.1 Å². The molecule has 4 aliphatic rings. The predicted octanol–water partition coefficient (Wildman–Crippen LogP) is 6.30. The third-order valence-electron chi connectivity index (χ3n) is 9.28. The molecule has 0 saturated heterocycles. The van der Waals surface area contributed by atoms with Gasteiger partial charge in [0.1, 0.15) is 0 Å². The van der Waals surface area contributed by atoms with Crippen LogP contribution in [0.5, 0.6) is 0 Å². The van der Waals surface area contributed by atoms with Gasteiger partial charge in [0.15, 0.2) is 0 Å². The Labute approximate surface area is 170 Å². The first-order valence-corrected chi connectivity index (χ1v) is 11.3. The number of allylic oxidation sites excluding steroid dienone is 3. The second-order valence-corrected chi connectivity index (χ2v) is 10.4. The highest BCUT2D eigenvalue weighted by atomic mass is 16.5. The van der Waals surface area contributed by atoms with Crippen molar-refractivity contribution >= 4 is 5.57 Å². The van der Waals surface area contributed by atoms with Crippen molar-refractivity contribution in [2.45, 2.75) is 65.4 Å². The van der Waals surface area contributed by atoms with Crippen LogP contribution >= 0.6 is 0 Å². The van der Waals surface area contributed by atoms with Crippen LogP contribution in [0.1, 0.15) is 64.9 Å². The Morgan fingerprint density at radius 1 is 1.11 bits per heavy atom. The summed E-state index contributed by atoms with van der Waals surface area (Å²) in [4.78, 5) is 4.41. The van der Waals surface area contributed by atoms with Crippen molar-refractivity contribution in [2.75, 3.05) is 7.11 Å². The molecule has 28 heavy (non-hydrogen) atoms. The third-order valence-corrected chi connectivity index (χ3v) is 9.28. The van der Waals surface area contributed by atoms with Crippen LogP contribution in [0.3, 0.4) is 0 Å². The lowest BCUT2D eigenvalue weighted by molar-refractivity contribution is -0.0471. The number of hydrogen-bond donors (Lipinski definition) is 0. The topological polar surface area (TPSA) is 22.1 Å². The maximum Gasteiger partial charge on any atom is 0.0608 e. The fraction of sp³-hybridized carbons (Fsp3) is 0.654. The molecule has 0 aliphatic heterocycles. The third kappa shape index (κ3) is 2.53. The molecule has 5 rings (SSSR count). The summed E-state index contributed by atoms with van der Waals surface area (Å²) in [6, 6.07) is 4.35. The van der Waals surface area contributed by atoms with Crippen LogP contribution in [0.25, 0.3) is 5.57 Å². The van der Waals surface area contributed by atoms with E-state index in [2.05, 4.69) is 56.2 Å². The average Bonchev–Trinajstić information content (AvgIpc) is 3.06. The molecule has 4 aliphatic carbocycles. The Morgan fingerprint density at radius 2 is 1.93 bits per heavy atom. The minimum absolute atomic E-state index is 0.309. The molecule has 2 heteroatoms. The lowest BCUT2D eigenvalue weighted by atomic mass is 9.45. The Bertz CT molecular complexity index is 811. The van der Waals surface area contributed by atoms with Gasteiger partial charge in [-0.1, -0.05) is 44.6 Å². The highest BCUT2D eigenvalue weighted by Crippen LogP contribution is 2.67. The lowest BCUT2D eigenvalue weighted by Crippen LogP contribution is -2.52. The highest BCUT2D eigenvalue weighted by molar-refractivity contribution is 5.72. The van der Waals surface area contributed by atoms with E-state index in [4.69, 9.17) is 4.74 Å². The molecule has 7 atom stereocenters. The van der Waals surface area contributed by atoms with E-state index >= 15 is 0 Å². The summed E-state index contributed by atoms with van der Waals surface area (Å²) in [5.74, 6) is 3.08. The van der Waals surface area contributed by atoms with Crippen LogP contribution in [-0.2, 0) is 4.74 Å². The Balaban J connectivity index is 1.49. The largest absolute Gasteiger partial charge is 0.381 e. The van der Waals surface area contributed by atoms with Crippen LogP contribution in [-0.4, -0.2) is 18.2 Å². The van der Waals surface area contributed by atoms with E-state index < -0.39 is 0 Å². The summed E-state index contributed by atoms with van der Waals surface area (Å²) in [6.07, 6.45) is 17.2. The van der Waals surface area contributed by atoms with Crippen molar-refractivity contribution in [1.82, 2.24) is 4.98 Å². The van der Waals surface area contributed by atoms with Crippen molar-refractivity contribution in [3.8, 4) is 0 Å².